The van der Waals surface area contributed by atoms with Crippen LogP contribution in [0, 0.1) is 12.7 Å². The topological polar surface area (TPSA) is 65.5 Å². The summed E-state index contributed by atoms with van der Waals surface area (Å²) in [7, 11) is 1.65. The summed E-state index contributed by atoms with van der Waals surface area (Å²) >= 11 is 0. The molecule has 12 heteroatoms. The van der Waals surface area contributed by atoms with Crippen molar-refractivity contribution in [1.82, 2.24) is 10.3 Å². The van der Waals surface area contributed by atoms with Crippen LogP contribution in [-0.4, -0.2) is 35.7 Å². The number of hydrogen-bond donors (Lipinski definition) is 2. The summed E-state index contributed by atoms with van der Waals surface area (Å²) in [5.41, 5.74) is -1.19. The van der Waals surface area contributed by atoms with Crippen molar-refractivity contribution in [2.45, 2.75) is 63.5 Å². The normalized spacial score (nSPS) is 17.9. The Morgan fingerprint density at radius 3 is 2.07 bits per heavy atom. The van der Waals surface area contributed by atoms with Gasteiger partial charge >= 0.3 is 18.3 Å². The highest BCUT2D eigenvalue weighted by Crippen LogP contribution is 2.41. The lowest BCUT2D eigenvalue weighted by atomic mass is 9.82. The van der Waals surface area contributed by atoms with Crippen LogP contribution < -0.4 is 10.2 Å². The van der Waals surface area contributed by atoms with Gasteiger partial charge in [-0.25, -0.2) is 4.39 Å². The van der Waals surface area contributed by atoms with Crippen LogP contribution in [0.3, 0.4) is 0 Å². The van der Waals surface area contributed by atoms with Gasteiger partial charge in [-0.1, -0.05) is 19.9 Å². The molecule has 1 aliphatic heterocycles. The van der Waals surface area contributed by atoms with E-state index in [-0.39, 0.29) is 24.2 Å². The molecule has 2 N–H and O–H groups in total. The Morgan fingerprint density at radius 1 is 0.952 bits per heavy atom. The molecule has 0 amide bonds. The van der Waals surface area contributed by atoms with E-state index < -0.39 is 46.7 Å². The zero-order valence-corrected chi connectivity index (χ0v) is 23.3. The van der Waals surface area contributed by atoms with E-state index in [1.165, 1.54) is 18.3 Å². The Labute approximate surface area is 238 Å². The van der Waals surface area contributed by atoms with E-state index in [9.17, 15) is 40.6 Å². The van der Waals surface area contributed by atoms with Crippen molar-refractivity contribution >= 4 is 11.7 Å². The minimum Gasteiger partial charge on any atom is -0.480 e. The fraction of sp³-hybridized carbons (Fsp3) is 0.400. The number of nitrogens with zero attached hydrogens (tertiary/aromatic N) is 2. The van der Waals surface area contributed by atoms with Crippen molar-refractivity contribution in [2.75, 3.05) is 18.5 Å². The minimum absolute atomic E-state index is 0.00262. The summed E-state index contributed by atoms with van der Waals surface area (Å²) in [6, 6.07) is 6.46. The standard InChI is InChI=1S/C30H30F7N3O2/c1-16-9-20(31)5-6-21(16)22-13-25(23-7-8-24(39-23)27(41)42)38-14-26(22)40(4)15-28(2,3)17-10-18(29(32,33)34)12-19(11-17)30(35,36)37/h5-6,9-14,23-24,39H,7-8,15H2,1-4H3,(H,41,42)/t23-,24+/m1/s1. The minimum atomic E-state index is -4.97. The third-order valence-corrected chi connectivity index (χ3v) is 7.60. The van der Waals surface area contributed by atoms with E-state index in [1.807, 2.05) is 0 Å². The third kappa shape index (κ3) is 6.69. The molecule has 5 nitrogen and oxygen atoms in total. The van der Waals surface area contributed by atoms with Gasteiger partial charge in [-0.3, -0.25) is 15.1 Å². The molecule has 0 bridgehead atoms. The van der Waals surface area contributed by atoms with Gasteiger partial charge in [-0.15, -0.1) is 0 Å². The second-order valence-electron chi connectivity index (χ2n) is 11.3. The molecule has 2 atom stereocenters. The van der Waals surface area contributed by atoms with Gasteiger partial charge in [-0.05, 0) is 72.9 Å². The van der Waals surface area contributed by atoms with Crippen molar-refractivity contribution in [2.24, 2.45) is 0 Å². The van der Waals surface area contributed by atoms with Crippen LogP contribution >= 0.6 is 0 Å². The van der Waals surface area contributed by atoms with Crippen LogP contribution in [0.4, 0.5) is 36.4 Å². The second kappa shape index (κ2) is 11.2. The number of halogens is 7. The molecule has 0 aliphatic carbocycles. The number of carboxylic acids is 1. The van der Waals surface area contributed by atoms with Gasteiger partial charge in [-0.2, -0.15) is 26.3 Å². The SMILES string of the molecule is Cc1cc(F)ccc1-c1cc([C@H]2CC[C@@H](C(=O)O)N2)ncc1N(C)CC(C)(C)c1cc(C(F)(F)F)cc(C(F)(F)F)c1. The van der Waals surface area contributed by atoms with Crippen molar-refractivity contribution in [3.8, 4) is 11.1 Å². The van der Waals surface area contributed by atoms with Gasteiger partial charge < -0.3 is 10.0 Å². The summed E-state index contributed by atoms with van der Waals surface area (Å²) in [6.07, 6.45) is -7.49. The van der Waals surface area contributed by atoms with Crippen LogP contribution in [-0.2, 0) is 22.6 Å². The van der Waals surface area contributed by atoms with Crippen molar-refractivity contribution in [1.29, 1.82) is 0 Å². The molecule has 1 aliphatic rings. The summed E-state index contributed by atoms with van der Waals surface area (Å²) in [5.74, 6) is -1.43. The number of aliphatic carboxylic acids is 1. The Hall–Kier alpha value is -3.67. The zero-order chi connectivity index (χ0) is 31.2. The fourth-order valence-corrected chi connectivity index (χ4v) is 5.39. The van der Waals surface area contributed by atoms with E-state index in [0.717, 1.165) is 12.1 Å². The van der Waals surface area contributed by atoms with Crippen LogP contribution in [0.2, 0.25) is 0 Å². The van der Waals surface area contributed by atoms with E-state index in [4.69, 9.17) is 0 Å². The number of carbonyl (C=O) groups is 1. The molecule has 0 spiro atoms. The number of pyridine rings is 1. The Kier molecular flexibility index (Phi) is 8.34. The molecule has 0 saturated carbocycles. The van der Waals surface area contributed by atoms with Gasteiger partial charge in [0.25, 0.3) is 0 Å². The van der Waals surface area contributed by atoms with Gasteiger partial charge in [0.15, 0.2) is 0 Å². The Bertz CT molecular complexity index is 1450. The molecule has 3 aromatic rings. The number of aryl methyl sites for hydroxylation is 1. The predicted octanol–water partition coefficient (Wildman–Crippen LogP) is 7.53. The summed E-state index contributed by atoms with van der Waals surface area (Å²) in [5, 5.41) is 12.4. The fourth-order valence-electron chi connectivity index (χ4n) is 5.39. The number of hydrogen-bond acceptors (Lipinski definition) is 4. The maximum absolute atomic E-state index is 14.0. The first kappa shape index (κ1) is 31.3. The number of aromatic nitrogens is 1. The summed E-state index contributed by atoms with van der Waals surface area (Å²) in [6.45, 7) is 4.82. The zero-order valence-electron chi connectivity index (χ0n) is 23.3. The van der Waals surface area contributed by atoms with Crippen LogP contribution in [0.15, 0.2) is 48.7 Å². The van der Waals surface area contributed by atoms with Gasteiger partial charge in [0.05, 0.1) is 34.7 Å². The highest BCUT2D eigenvalue weighted by atomic mass is 19.4. The molecule has 0 unspecified atom stereocenters. The molecule has 1 fully saturated rings. The lowest BCUT2D eigenvalue weighted by Gasteiger charge is -2.34. The van der Waals surface area contributed by atoms with E-state index in [1.54, 1.807) is 44.9 Å². The number of nitrogens with one attached hydrogen (secondary N) is 1. The molecular formula is C30H30F7N3O2. The first-order chi connectivity index (χ1) is 19.4. The molecule has 1 aromatic heterocycles. The first-order valence-corrected chi connectivity index (χ1v) is 13.1. The van der Waals surface area contributed by atoms with Crippen molar-refractivity contribution < 1.29 is 40.6 Å². The number of carboxylic acid groups (broad SMARTS) is 1. The third-order valence-electron chi connectivity index (χ3n) is 7.60. The molecule has 1 saturated heterocycles. The van der Waals surface area contributed by atoms with Crippen LogP contribution in [0.1, 0.15) is 60.7 Å². The molecular weight excluding hydrogens is 567 g/mol. The van der Waals surface area contributed by atoms with E-state index in [0.29, 0.717) is 40.9 Å². The second-order valence-corrected chi connectivity index (χ2v) is 11.3. The molecule has 2 aromatic carbocycles. The highest BCUT2D eigenvalue weighted by molar-refractivity contribution is 5.80. The van der Waals surface area contributed by atoms with Crippen LogP contribution in [0.5, 0.6) is 0 Å². The number of benzene rings is 2. The summed E-state index contributed by atoms with van der Waals surface area (Å²) in [4.78, 5) is 17.7. The molecule has 42 heavy (non-hydrogen) atoms. The number of anilines is 1. The number of rotatable bonds is 7. The van der Waals surface area contributed by atoms with Gasteiger partial charge in [0, 0.05) is 24.6 Å². The predicted molar refractivity (Wildman–Crippen MR) is 144 cm³/mol. The average Bonchev–Trinajstić information content (AvgIpc) is 3.38. The van der Waals surface area contributed by atoms with Crippen molar-refractivity contribution in [3.63, 3.8) is 0 Å². The Balaban J connectivity index is 1.75. The molecule has 226 valence electrons. The maximum Gasteiger partial charge on any atom is 0.416 e. The van der Waals surface area contributed by atoms with Gasteiger partial charge in [0.2, 0.25) is 0 Å². The van der Waals surface area contributed by atoms with Gasteiger partial charge in [0.1, 0.15) is 11.9 Å². The largest absolute Gasteiger partial charge is 0.480 e. The number of alkyl halides is 6. The molecule has 2 heterocycles. The summed E-state index contributed by atoms with van der Waals surface area (Å²) < 4.78 is 95.2. The molecule has 4 rings (SSSR count). The van der Waals surface area contributed by atoms with E-state index >= 15 is 0 Å². The van der Waals surface area contributed by atoms with Crippen LogP contribution in [0.25, 0.3) is 11.1 Å². The average molecular weight is 598 g/mol. The monoisotopic (exact) mass is 597 g/mol. The highest BCUT2D eigenvalue weighted by Gasteiger charge is 2.39. The lowest BCUT2D eigenvalue weighted by molar-refractivity contribution is -0.143. The maximum atomic E-state index is 14.0. The Morgan fingerprint density at radius 2 is 1.55 bits per heavy atom. The lowest BCUT2D eigenvalue weighted by Crippen LogP contribution is -2.35. The first-order valence-electron chi connectivity index (χ1n) is 13.1. The van der Waals surface area contributed by atoms with Crippen molar-refractivity contribution in [3.05, 3.63) is 82.4 Å². The quantitative estimate of drug-likeness (QED) is 0.276. The van der Waals surface area contributed by atoms with E-state index in [2.05, 4.69) is 10.3 Å². The number of likely N-dealkylation sites (N-methyl/N-ethyl adjacent to an activating group) is 1. The smallest absolute Gasteiger partial charge is 0.416 e. The molecule has 0 radical (unpaired) electrons.